The summed E-state index contributed by atoms with van der Waals surface area (Å²) in [7, 11) is 0. The second-order valence-electron chi connectivity index (χ2n) is 5.88. The molecule has 1 heterocycles. The molecule has 1 aliphatic rings. The summed E-state index contributed by atoms with van der Waals surface area (Å²) in [6, 6.07) is 26.5. The van der Waals surface area contributed by atoms with Crippen LogP contribution < -0.4 is 5.01 Å². The lowest BCUT2D eigenvalue weighted by atomic mass is 10.0. The minimum Gasteiger partial charge on any atom is -0.267 e. The standard InChI is InChI=1S/C22H15ClN2O/c23-18-13-11-16(12-14-18)15-20-21(17-7-3-1-4-8-17)24-25(22(20)26)19-9-5-2-6-10-19/h1-15H. The molecule has 0 unspecified atom stereocenters. The van der Waals surface area contributed by atoms with Crippen molar-refractivity contribution in [1.29, 1.82) is 0 Å². The van der Waals surface area contributed by atoms with E-state index >= 15 is 0 Å². The molecule has 126 valence electrons. The van der Waals surface area contributed by atoms with Gasteiger partial charge < -0.3 is 0 Å². The summed E-state index contributed by atoms with van der Waals surface area (Å²) in [6.07, 6.45) is 1.85. The van der Waals surface area contributed by atoms with Gasteiger partial charge in [-0.25, -0.2) is 0 Å². The van der Waals surface area contributed by atoms with E-state index in [1.54, 1.807) is 0 Å². The molecule has 0 bridgehead atoms. The van der Waals surface area contributed by atoms with Crippen molar-refractivity contribution in [2.45, 2.75) is 0 Å². The Morgan fingerprint density at radius 1 is 0.808 bits per heavy atom. The summed E-state index contributed by atoms with van der Waals surface area (Å²) in [4.78, 5) is 13.1. The highest BCUT2D eigenvalue weighted by Gasteiger charge is 2.31. The van der Waals surface area contributed by atoms with E-state index in [1.807, 2.05) is 91.0 Å². The molecule has 26 heavy (non-hydrogen) atoms. The molecule has 3 aromatic carbocycles. The van der Waals surface area contributed by atoms with Gasteiger partial charge in [0.1, 0.15) is 5.71 Å². The Morgan fingerprint density at radius 2 is 1.42 bits per heavy atom. The lowest BCUT2D eigenvalue weighted by Gasteiger charge is -2.10. The van der Waals surface area contributed by atoms with Crippen LogP contribution in [0.5, 0.6) is 0 Å². The van der Waals surface area contributed by atoms with Gasteiger partial charge in [0.25, 0.3) is 5.91 Å². The quantitative estimate of drug-likeness (QED) is 0.594. The topological polar surface area (TPSA) is 32.7 Å². The van der Waals surface area contributed by atoms with Crippen LogP contribution in [0.15, 0.2) is 95.6 Å². The molecule has 0 saturated heterocycles. The normalized spacial score (nSPS) is 15.4. The van der Waals surface area contributed by atoms with Crippen molar-refractivity contribution in [3.05, 3.63) is 107 Å². The maximum atomic E-state index is 13.1. The lowest BCUT2D eigenvalue weighted by molar-refractivity contribution is -0.114. The first-order valence-electron chi connectivity index (χ1n) is 8.23. The molecule has 0 fully saturated rings. The van der Waals surface area contributed by atoms with Crippen molar-refractivity contribution in [3.63, 3.8) is 0 Å². The predicted octanol–water partition coefficient (Wildman–Crippen LogP) is 5.17. The number of nitrogens with zero attached hydrogens (tertiary/aromatic N) is 2. The summed E-state index contributed by atoms with van der Waals surface area (Å²) in [5.41, 5.74) is 3.76. The Hall–Kier alpha value is -3.17. The van der Waals surface area contributed by atoms with Crippen molar-refractivity contribution in [1.82, 2.24) is 0 Å². The van der Waals surface area contributed by atoms with Gasteiger partial charge in [-0.2, -0.15) is 10.1 Å². The zero-order valence-electron chi connectivity index (χ0n) is 13.8. The number of rotatable bonds is 3. The van der Waals surface area contributed by atoms with Crippen LogP contribution >= 0.6 is 11.6 Å². The first-order chi connectivity index (χ1) is 12.7. The molecule has 0 aromatic heterocycles. The fraction of sp³-hybridized carbons (Fsp3) is 0. The van der Waals surface area contributed by atoms with Gasteiger partial charge >= 0.3 is 0 Å². The second-order valence-corrected chi connectivity index (χ2v) is 6.31. The molecule has 0 saturated carbocycles. The van der Waals surface area contributed by atoms with Crippen LogP contribution in [0, 0.1) is 0 Å². The zero-order valence-corrected chi connectivity index (χ0v) is 14.6. The first-order valence-corrected chi connectivity index (χ1v) is 8.61. The van der Waals surface area contributed by atoms with Crippen molar-refractivity contribution in [2.24, 2.45) is 5.10 Å². The number of carbonyl (C=O) groups is 1. The molecule has 0 atom stereocenters. The smallest absolute Gasteiger partial charge is 0.267 e. The molecular weight excluding hydrogens is 344 g/mol. The van der Waals surface area contributed by atoms with Gasteiger partial charge in [-0.15, -0.1) is 0 Å². The summed E-state index contributed by atoms with van der Waals surface area (Å²) >= 11 is 5.97. The maximum absolute atomic E-state index is 13.1. The first kappa shape index (κ1) is 16.3. The van der Waals surface area contributed by atoms with Gasteiger partial charge in [0.05, 0.1) is 11.3 Å². The Balaban J connectivity index is 1.82. The van der Waals surface area contributed by atoms with Crippen molar-refractivity contribution >= 4 is 35.0 Å². The number of anilines is 1. The Labute approximate surface area is 156 Å². The maximum Gasteiger partial charge on any atom is 0.281 e. The fourth-order valence-electron chi connectivity index (χ4n) is 2.82. The number of para-hydroxylation sites is 1. The number of hydrazone groups is 1. The molecule has 1 aliphatic heterocycles. The summed E-state index contributed by atoms with van der Waals surface area (Å²) < 4.78 is 0. The molecule has 4 heteroatoms. The van der Waals surface area contributed by atoms with Crippen LogP contribution in [0.4, 0.5) is 5.69 Å². The van der Waals surface area contributed by atoms with E-state index in [1.165, 1.54) is 5.01 Å². The minimum atomic E-state index is -0.148. The number of benzene rings is 3. The predicted molar refractivity (Wildman–Crippen MR) is 106 cm³/mol. The molecule has 0 spiro atoms. The third kappa shape index (κ3) is 3.17. The van der Waals surface area contributed by atoms with E-state index in [4.69, 9.17) is 11.6 Å². The van der Waals surface area contributed by atoms with E-state index < -0.39 is 0 Å². The fourth-order valence-corrected chi connectivity index (χ4v) is 2.95. The minimum absolute atomic E-state index is 0.148. The molecule has 3 aromatic rings. The largest absolute Gasteiger partial charge is 0.281 e. The van der Waals surface area contributed by atoms with Crippen LogP contribution in [0.25, 0.3) is 6.08 Å². The van der Waals surface area contributed by atoms with Crippen LogP contribution in [-0.2, 0) is 4.79 Å². The van der Waals surface area contributed by atoms with Crippen LogP contribution in [0.3, 0.4) is 0 Å². The molecule has 4 rings (SSSR count). The molecule has 1 amide bonds. The van der Waals surface area contributed by atoms with Crippen LogP contribution in [-0.4, -0.2) is 11.6 Å². The summed E-state index contributed by atoms with van der Waals surface area (Å²) in [6.45, 7) is 0. The number of hydrogen-bond acceptors (Lipinski definition) is 2. The number of amides is 1. The highest BCUT2D eigenvalue weighted by Crippen LogP contribution is 2.27. The molecular formula is C22H15ClN2O. The van der Waals surface area contributed by atoms with Gasteiger partial charge in [-0.3, -0.25) is 4.79 Å². The molecule has 0 N–H and O–H groups in total. The van der Waals surface area contributed by atoms with Crippen molar-refractivity contribution in [3.8, 4) is 0 Å². The van der Waals surface area contributed by atoms with Gasteiger partial charge in [0.15, 0.2) is 0 Å². The molecule has 0 radical (unpaired) electrons. The van der Waals surface area contributed by atoms with Crippen LogP contribution in [0.1, 0.15) is 11.1 Å². The Bertz CT molecular complexity index is 993. The third-order valence-corrected chi connectivity index (χ3v) is 4.36. The third-order valence-electron chi connectivity index (χ3n) is 4.11. The van der Waals surface area contributed by atoms with Gasteiger partial charge in [0.2, 0.25) is 0 Å². The van der Waals surface area contributed by atoms with E-state index in [0.717, 1.165) is 16.8 Å². The average molecular weight is 359 g/mol. The number of halogens is 1. The Morgan fingerprint density at radius 3 is 2.08 bits per heavy atom. The lowest BCUT2D eigenvalue weighted by Crippen LogP contribution is -2.21. The average Bonchev–Trinajstić information content (AvgIpc) is 3.01. The van der Waals surface area contributed by atoms with Crippen LogP contribution in [0.2, 0.25) is 5.02 Å². The highest BCUT2D eigenvalue weighted by molar-refractivity contribution is 6.37. The number of hydrogen-bond donors (Lipinski definition) is 0. The van der Waals surface area contributed by atoms with Crippen molar-refractivity contribution < 1.29 is 4.79 Å². The van der Waals surface area contributed by atoms with Gasteiger partial charge in [-0.1, -0.05) is 72.3 Å². The second kappa shape index (κ2) is 6.98. The monoisotopic (exact) mass is 358 g/mol. The highest BCUT2D eigenvalue weighted by atomic mass is 35.5. The Kier molecular flexibility index (Phi) is 4.38. The van der Waals surface area contributed by atoms with E-state index in [2.05, 4.69) is 5.10 Å². The molecule has 3 nitrogen and oxygen atoms in total. The van der Waals surface area contributed by atoms with E-state index in [9.17, 15) is 4.79 Å². The summed E-state index contributed by atoms with van der Waals surface area (Å²) in [5.74, 6) is -0.148. The summed E-state index contributed by atoms with van der Waals surface area (Å²) in [5, 5.41) is 6.72. The zero-order chi connectivity index (χ0) is 17.9. The van der Waals surface area contributed by atoms with Gasteiger partial charge in [0, 0.05) is 10.6 Å². The molecule has 0 aliphatic carbocycles. The van der Waals surface area contributed by atoms with Crippen molar-refractivity contribution in [2.75, 3.05) is 5.01 Å². The van der Waals surface area contributed by atoms with E-state index in [-0.39, 0.29) is 5.91 Å². The SMILES string of the molecule is O=C1C(=Cc2ccc(Cl)cc2)C(c2ccccc2)=NN1c1ccccc1. The van der Waals surface area contributed by atoms with Gasteiger partial charge in [-0.05, 0) is 35.9 Å². The van der Waals surface area contributed by atoms with E-state index in [0.29, 0.717) is 16.3 Å². The number of carbonyl (C=O) groups excluding carboxylic acids is 1.